The molecule has 0 spiro atoms. The maximum absolute atomic E-state index is 12.2. The third-order valence-electron chi connectivity index (χ3n) is 3.03. The number of hydrogen-bond donors (Lipinski definition) is 0. The second kappa shape index (κ2) is 5.45. The summed E-state index contributed by atoms with van der Waals surface area (Å²) < 4.78 is 29.9. The Morgan fingerprint density at radius 2 is 1.36 bits per heavy atom. The van der Waals surface area contributed by atoms with Crippen LogP contribution in [0.1, 0.15) is 20.7 Å². The number of imide groups is 1. The molecule has 1 aliphatic heterocycles. The van der Waals surface area contributed by atoms with Crippen molar-refractivity contribution in [1.82, 2.24) is 5.06 Å². The van der Waals surface area contributed by atoms with E-state index in [0.717, 1.165) is 3.57 Å². The number of fused-ring (bicyclic) bond motifs is 1. The van der Waals surface area contributed by atoms with Crippen molar-refractivity contribution in [3.63, 3.8) is 0 Å². The fraction of sp³-hybridized carbons (Fsp3) is 0. The lowest BCUT2D eigenvalue weighted by Gasteiger charge is -2.12. The molecule has 0 atom stereocenters. The van der Waals surface area contributed by atoms with Crippen LogP contribution in [-0.4, -0.2) is 25.3 Å². The molecule has 2 amide bonds. The van der Waals surface area contributed by atoms with Gasteiger partial charge in [-0.05, 0) is 59.0 Å². The van der Waals surface area contributed by atoms with Crippen molar-refractivity contribution >= 4 is 44.5 Å². The molecule has 0 fully saturated rings. The Hall–Kier alpha value is -1.78. The zero-order chi connectivity index (χ0) is 15.9. The number of hydrogen-bond acceptors (Lipinski definition) is 5. The molecule has 2 aromatic rings. The van der Waals surface area contributed by atoms with E-state index in [9.17, 15) is 18.0 Å². The van der Waals surface area contributed by atoms with E-state index in [1.807, 2.05) is 22.6 Å². The van der Waals surface area contributed by atoms with E-state index in [0.29, 0.717) is 0 Å². The molecule has 0 radical (unpaired) electrons. The van der Waals surface area contributed by atoms with E-state index in [-0.39, 0.29) is 21.1 Å². The molecule has 0 aliphatic carbocycles. The molecule has 0 unspecified atom stereocenters. The molecule has 0 saturated carbocycles. The summed E-state index contributed by atoms with van der Waals surface area (Å²) in [7, 11) is -4.26. The summed E-state index contributed by atoms with van der Waals surface area (Å²) in [5.41, 5.74) is 0.232. The summed E-state index contributed by atoms with van der Waals surface area (Å²) in [4.78, 5) is 24.0. The first kappa shape index (κ1) is 15.1. The molecule has 3 rings (SSSR count). The molecule has 112 valence electrons. The van der Waals surface area contributed by atoms with E-state index in [1.165, 1.54) is 24.3 Å². The predicted molar refractivity (Wildman–Crippen MR) is 84.4 cm³/mol. The summed E-state index contributed by atoms with van der Waals surface area (Å²) in [6.07, 6.45) is 0. The Morgan fingerprint density at radius 3 is 1.86 bits per heavy atom. The Morgan fingerprint density at radius 1 is 0.864 bits per heavy atom. The second-order valence-electron chi connectivity index (χ2n) is 4.43. The van der Waals surface area contributed by atoms with Crippen molar-refractivity contribution in [1.29, 1.82) is 0 Å². The highest BCUT2D eigenvalue weighted by Gasteiger charge is 2.39. The molecular weight excluding hydrogens is 421 g/mol. The van der Waals surface area contributed by atoms with Crippen molar-refractivity contribution in [2.45, 2.75) is 4.90 Å². The lowest BCUT2D eigenvalue weighted by Crippen LogP contribution is -2.32. The first-order valence-corrected chi connectivity index (χ1v) is 8.57. The lowest BCUT2D eigenvalue weighted by molar-refractivity contribution is -0.0103. The van der Waals surface area contributed by atoms with Crippen molar-refractivity contribution in [2.75, 3.05) is 0 Å². The molecular formula is C14H8INO5S. The molecule has 1 aliphatic rings. The SMILES string of the molecule is O=C1c2ccccc2C(=O)N1OS(=O)(=O)c1ccc(I)cc1. The maximum Gasteiger partial charge on any atom is 0.318 e. The highest BCUT2D eigenvalue weighted by Crippen LogP contribution is 2.25. The Labute approximate surface area is 139 Å². The summed E-state index contributed by atoms with van der Waals surface area (Å²) in [5, 5.41) is 0.276. The van der Waals surface area contributed by atoms with Crippen molar-refractivity contribution < 1.29 is 22.3 Å². The van der Waals surface area contributed by atoms with Gasteiger partial charge in [0.25, 0.3) is 11.8 Å². The fourth-order valence-corrected chi connectivity index (χ4v) is 3.22. The zero-order valence-corrected chi connectivity index (χ0v) is 13.9. The molecule has 0 bridgehead atoms. The minimum Gasteiger partial charge on any atom is -0.266 e. The third kappa shape index (κ3) is 2.53. The van der Waals surface area contributed by atoms with Gasteiger partial charge in [0, 0.05) is 3.57 Å². The lowest BCUT2D eigenvalue weighted by atomic mass is 10.1. The van der Waals surface area contributed by atoms with Crippen LogP contribution in [0.15, 0.2) is 53.4 Å². The summed E-state index contributed by atoms with van der Waals surface area (Å²) in [5.74, 6) is -1.59. The number of carbonyl (C=O) groups excluding carboxylic acids is 2. The van der Waals surface area contributed by atoms with Gasteiger partial charge in [-0.3, -0.25) is 9.59 Å². The van der Waals surface area contributed by atoms with Gasteiger partial charge in [0.2, 0.25) is 0 Å². The van der Waals surface area contributed by atoms with E-state index in [2.05, 4.69) is 0 Å². The zero-order valence-electron chi connectivity index (χ0n) is 10.9. The molecule has 0 saturated heterocycles. The Bertz CT molecular complexity index is 841. The van der Waals surface area contributed by atoms with Crippen LogP contribution < -0.4 is 0 Å². The van der Waals surface area contributed by atoms with E-state index in [1.54, 1.807) is 24.3 Å². The normalized spacial score (nSPS) is 14.3. The number of hydroxylamine groups is 2. The molecule has 0 N–H and O–H groups in total. The monoisotopic (exact) mass is 429 g/mol. The van der Waals surface area contributed by atoms with E-state index in [4.69, 9.17) is 4.28 Å². The smallest absolute Gasteiger partial charge is 0.266 e. The third-order valence-corrected chi connectivity index (χ3v) is 4.95. The van der Waals surface area contributed by atoms with Crippen molar-refractivity contribution in [3.8, 4) is 0 Å². The number of nitrogens with zero attached hydrogens (tertiary/aromatic N) is 1. The number of amides is 2. The van der Waals surface area contributed by atoms with Crippen molar-refractivity contribution in [2.24, 2.45) is 0 Å². The minimum absolute atomic E-state index is 0.116. The van der Waals surface area contributed by atoms with E-state index >= 15 is 0 Å². The number of carbonyl (C=O) groups is 2. The number of halogens is 1. The summed E-state index contributed by atoms with van der Waals surface area (Å²) in [6.45, 7) is 0. The fourth-order valence-electron chi connectivity index (χ4n) is 1.98. The van der Waals surface area contributed by atoms with Crippen LogP contribution in [0.4, 0.5) is 0 Å². The predicted octanol–water partition coefficient (Wildman–Crippen LogP) is 2.21. The van der Waals surface area contributed by atoms with Crippen LogP contribution in [-0.2, 0) is 14.4 Å². The molecule has 2 aromatic carbocycles. The van der Waals surface area contributed by atoms with Crippen LogP contribution in [0.25, 0.3) is 0 Å². The largest absolute Gasteiger partial charge is 0.318 e. The number of benzene rings is 2. The van der Waals surface area contributed by atoms with Crippen LogP contribution in [0, 0.1) is 3.57 Å². The average molecular weight is 429 g/mol. The topological polar surface area (TPSA) is 80.8 Å². The molecule has 8 heteroatoms. The summed E-state index contributed by atoms with van der Waals surface area (Å²) in [6, 6.07) is 11.9. The standard InChI is InChI=1S/C14H8INO5S/c15-9-5-7-10(8-6-9)22(19,20)21-16-13(17)11-3-1-2-4-12(11)14(16)18/h1-8H. The van der Waals surface area contributed by atoms with Crippen LogP contribution in [0.2, 0.25) is 0 Å². The first-order chi connectivity index (χ1) is 10.4. The number of rotatable bonds is 3. The van der Waals surface area contributed by atoms with Gasteiger partial charge in [-0.25, -0.2) is 0 Å². The first-order valence-electron chi connectivity index (χ1n) is 6.08. The molecule has 6 nitrogen and oxygen atoms in total. The molecule has 22 heavy (non-hydrogen) atoms. The Kier molecular flexibility index (Phi) is 3.75. The maximum atomic E-state index is 12.2. The van der Waals surface area contributed by atoms with Gasteiger partial charge in [-0.2, -0.15) is 8.42 Å². The van der Waals surface area contributed by atoms with Crippen LogP contribution >= 0.6 is 22.6 Å². The van der Waals surface area contributed by atoms with Crippen LogP contribution in [0.3, 0.4) is 0 Å². The summed E-state index contributed by atoms with van der Waals surface area (Å²) >= 11 is 2.03. The van der Waals surface area contributed by atoms with Crippen LogP contribution in [0.5, 0.6) is 0 Å². The second-order valence-corrected chi connectivity index (χ2v) is 7.21. The highest BCUT2D eigenvalue weighted by molar-refractivity contribution is 14.1. The van der Waals surface area contributed by atoms with Gasteiger partial charge in [0.15, 0.2) is 0 Å². The Balaban J connectivity index is 1.93. The van der Waals surface area contributed by atoms with Gasteiger partial charge in [0.1, 0.15) is 0 Å². The van der Waals surface area contributed by atoms with Crippen molar-refractivity contribution in [3.05, 3.63) is 63.2 Å². The quantitative estimate of drug-likeness (QED) is 0.552. The van der Waals surface area contributed by atoms with Gasteiger partial charge in [-0.1, -0.05) is 12.1 Å². The van der Waals surface area contributed by atoms with Gasteiger partial charge >= 0.3 is 10.1 Å². The molecule has 0 aromatic heterocycles. The average Bonchev–Trinajstić information content (AvgIpc) is 2.73. The van der Waals surface area contributed by atoms with Gasteiger partial charge < -0.3 is 0 Å². The van der Waals surface area contributed by atoms with Gasteiger partial charge in [0.05, 0.1) is 16.0 Å². The van der Waals surface area contributed by atoms with Gasteiger partial charge in [-0.15, -0.1) is 9.35 Å². The highest BCUT2D eigenvalue weighted by atomic mass is 127. The molecule has 1 heterocycles. The minimum atomic E-state index is -4.26. The van der Waals surface area contributed by atoms with E-state index < -0.39 is 21.9 Å².